The first-order chi connectivity index (χ1) is 18.0. The highest BCUT2D eigenvalue weighted by Gasteiger charge is 2.31. The van der Waals surface area contributed by atoms with Crippen LogP contribution in [0, 0.1) is 0 Å². The van der Waals surface area contributed by atoms with Gasteiger partial charge in [0.05, 0.1) is 19.2 Å². The van der Waals surface area contributed by atoms with E-state index in [4.69, 9.17) is 4.74 Å². The molecule has 0 radical (unpaired) electrons. The normalized spacial score (nSPS) is 13.2. The number of aromatic nitrogens is 2. The molecule has 4 aromatic rings. The van der Waals surface area contributed by atoms with Crippen molar-refractivity contribution in [2.45, 2.75) is 25.8 Å². The summed E-state index contributed by atoms with van der Waals surface area (Å²) in [6.45, 7) is 1.47. The Morgan fingerprint density at radius 1 is 1.14 bits per heavy atom. The topological polar surface area (TPSA) is 81.5 Å². The van der Waals surface area contributed by atoms with Crippen LogP contribution in [0.5, 0.6) is 5.75 Å². The number of rotatable bonds is 6. The maximum absolute atomic E-state index is 13.6. The quantitative estimate of drug-likeness (QED) is 0.232. The Morgan fingerprint density at radius 3 is 2.76 bits per heavy atom. The van der Waals surface area contributed by atoms with E-state index in [1.54, 1.807) is 18.2 Å². The van der Waals surface area contributed by atoms with Crippen LogP contribution in [0.3, 0.4) is 0 Å². The number of aromatic amines is 1. The van der Waals surface area contributed by atoms with Crippen LogP contribution >= 0.6 is 0 Å². The zero-order valence-electron chi connectivity index (χ0n) is 21.3. The van der Waals surface area contributed by atoms with Gasteiger partial charge in [-0.05, 0) is 67.8 Å². The standard InChI is InChI=1S/C29H30N5O3/c1-32(2)18-27-30-23-11-8-13-25(28(23)31-27)34(19-35)29(36)22-15-14-21(17-26(22)37-3)33-16-7-6-10-20-9-4-5-12-24(20)33/h4-5,8-9,11-15,17H,6-7,10,16,18H2,1-3H3,(H,30,31)/q+1. The van der Waals surface area contributed by atoms with Crippen molar-refractivity contribution in [2.24, 2.45) is 0 Å². The largest absolute Gasteiger partial charge is 0.496 e. The molecular formula is C29H30N5O3+. The molecule has 0 saturated carbocycles. The number of para-hydroxylation sites is 2. The molecule has 0 bridgehead atoms. The Morgan fingerprint density at radius 2 is 1.97 bits per heavy atom. The van der Waals surface area contributed by atoms with Gasteiger partial charge in [-0.15, -0.1) is 0 Å². The van der Waals surface area contributed by atoms with E-state index < -0.39 is 5.91 Å². The number of carbonyl (C=O) groups excluding carboxylic acids is 2. The molecular weight excluding hydrogens is 466 g/mol. The number of aryl methyl sites for hydroxylation is 1. The fourth-order valence-electron chi connectivity index (χ4n) is 4.93. The van der Waals surface area contributed by atoms with Crippen molar-refractivity contribution in [1.29, 1.82) is 0 Å². The minimum Gasteiger partial charge on any atom is -0.496 e. The van der Waals surface area contributed by atoms with Crippen molar-refractivity contribution < 1.29 is 18.9 Å². The molecule has 188 valence electrons. The minimum atomic E-state index is -0.528. The summed E-state index contributed by atoms with van der Waals surface area (Å²) >= 11 is 0. The summed E-state index contributed by atoms with van der Waals surface area (Å²) in [5.74, 6) is 0.608. The molecule has 8 nitrogen and oxygen atoms in total. The van der Waals surface area contributed by atoms with Crippen LogP contribution in [0.15, 0.2) is 60.7 Å². The number of benzene rings is 3. The first-order valence-electron chi connectivity index (χ1n) is 12.4. The molecule has 1 aliphatic rings. The number of H-pyrrole nitrogens is 1. The number of fused-ring (bicyclic) bond motifs is 2. The van der Waals surface area contributed by atoms with Gasteiger partial charge in [-0.25, -0.2) is 9.78 Å². The molecule has 0 atom stereocenters. The maximum atomic E-state index is 13.6. The van der Waals surface area contributed by atoms with E-state index >= 15 is 0 Å². The van der Waals surface area contributed by atoms with Crippen LogP contribution in [0.1, 0.15) is 34.6 Å². The van der Waals surface area contributed by atoms with Gasteiger partial charge in [-0.3, -0.25) is 0 Å². The average molecular weight is 497 g/mol. The van der Waals surface area contributed by atoms with Crippen LogP contribution in [0.4, 0.5) is 17.1 Å². The van der Waals surface area contributed by atoms with Crippen molar-refractivity contribution in [2.75, 3.05) is 32.6 Å². The van der Waals surface area contributed by atoms with Gasteiger partial charge in [0.1, 0.15) is 17.1 Å². The highest BCUT2D eigenvalue weighted by atomic mass is 16.5. The Hall–Kier alpha value is -4.26. The second-order valence-electron chi connectivity index (χ2n) is 9.45. The van der Waals surface area contributed by atoms with Gasteiger partial charge in [-0.1, -0.05) is 24.3 Å². The zero-order chi connectivity index (χ0) is 25.9. The molecule has 0 aliphatic carbocycles. The van der Waals surface area contributed by atoms with Gasteiger partial charge < -0.3 is 19.5 Å². The number of nitrogens with one attached hydrogen (secondary N) is 1. The number of hydrogen-bond donors (Lipinski definition) is 1. The van der Waals surface area contributed by atoms with Gasteiger partial charge in [0.2, 0.25) is 0 Å². The summed E-state index contributed by atoms with van der Waals surface area (Å²) in [6.07, 6.45) is 5.04. The van der Waals surface area contributed by atoms with Crippen molar-refractivity contribution in [3.63, 3.8) is 0 Å². The van der Waals surface area contributed by atoms with Gasteiger partial charge >= 0.3 is 12.0 Å². The third-order valence-corrected chi connectivity index (χ3v) is 6.63. The molecule has 2 heterocycles. The smallest absolute Gasteiger partial charge is 0.440 e. The van der Waals surface area contributed by atoms with Gasteiger partial charge in [-0.2, -0.15) is 4.79 Å². The molecule has 37 heavy (non-hydrogen) atoms. The maximum Gasteiger partial charge on any atom is 0.440 e. The molecule has 0 unspecified atom stereocenters. The predicted octanol–water partition coefficient (Wildman–Crippen LogP) is 4.93. The SMILES string of the molecule is COc1cc(N2CCCCc3ccccc32)ccc1C(=O)[N+](=C=O)c1cccc2[nH]c(CN(C)C)nc12. The third-order valence-electron chi connectivity index (χ3n) is 6.63. The number of methoxy groups -OCH3 is 1. The first kappa shape index (κ1) is 24.4. The lowest BCUT2D eigenvalue weighted by molar-refractivity contribution is -0.330. The van der Waals surface area contributed by atoms with Crippen LogP contribution in [0.2, 0.25) is 0 Å². The Labute approximate surface area is 215 Å². The Kier molecular flexibility index (Phi) is 6.86. The number of carbonyl (C=O) groups is 1. The summed E-state index contributed by atoms with van der Waals surface area (Å²) in [7, 11) is 5.43. The lowest BCUT2D eigenvalue weighted by atomic mass is 10.1. The summed E-state index contributed by atoms with van der Waals surface area (Å²) in [6, 6.07) is 19.2. The lowest BCUT2D eigenvalue weighted by Gasteiger charge is -2.25. The second-order valence-corrected chi connectivity index (χ2v) is 9.45. The van der Waals surface area contributed by atoms with Crippen LogP contribution in [0.25, 0.3) is 11.0 Å². The monoisotopic (exact) mass is 496 g/mol. The molecule has 5 rings (SSSR count). The van der Waals surface area contributed by atoms with Gasteiger partial charge in [0.25, 0.3) is 5.69 Å². The Balaban J connectivity index is 1.52. The number of imidazole rings is 1. The first-order valence-corrected chi connectivity index (χ1v) is 12.4. The number of ether oxygens (including phenoxy) is 1. The van der Waals surface area contributed by atoms with Gasteiger partial charge in [0.15, 0.2) is 5.52 Å². The molecule has 1 amide bonds. The van der Waals surface area contributed by atoms with Crippen molar-refractivity contribution in [3.05, 3.63) is 77.6 Å². The number of amides is 1. The number of anilines is 2. The van der Waals surface area contributed by atoms with Gasteiger partial charge in [0, 0.05) is 30.1 Å². The predicted molar refractivity (Wildman–Crippen MR) is 143 cm³/mol. The minimum absolute atomic E-state index is 0.277. The van der Waals surface area contributed by atoms with Crippen LogP contribution in [-0.2, 0) is 17.8 Å². The van der Waals surface area contributed by atoms with Crippen molar-refractivity contribution >= 4 is 40.1 Å². The fraction of sp³-hybridized carbons (Fsp3) is 0.276. The van der Waals surface area contributed by atoms with E-state index in [0.29, 0.717) is 23.5 Å². The number of hydrogen-bond acceptors (Lipinski definition) is 6. The molecule has 3 aromatic carbocycles. The lowest BCUT2D eigenvalue weighted by Crippen LogP contribution is -2.20. The highest BCUT2D eigenvalue weighted by molar-refractivity contribution is 5.97. The number of isocyanates is 1. The Bertz CT molecular complexity index is 1520. The van der Waals surface area contributed by atoms with E-state index in [0.717, 1.165) is 47.4 Å². The van der Waals surface area contributed by atoms with Crippen molar-refractivity contribution in [3.8, 4) is 5.75 Å². The molecule has 0 saturated heterocycles. The number of nitrogens with zero attached hydrogens (tertiary/aromatic N) is 4. The molecule has 0 fully saturated rings. The van der Waals surface area contributed by atoms with E-state index in [9.17, 15) is 9.59 Å². The molecule has 1 aliphatic heterocycles. The fourth-order valence-corrected chi connectivity index (χ4v) is 4.93. The summed E-state index contributed by atoms with van der Waals surface area (Å²) in [4.78, 5) is 37.9. The molecule has 8 heteroatoms. The zero-order valence-corrected chi connectivity index (χ0v) is 21.3. The van der Waals surface area contributed by atoms with E-state index in [-0.39, 0.29) is 5.56 Å². The summed E-state index contributed by atoms with van der Waals surface area (Å²) < 4.78 is 6.63. The van der Waals surface area contributed by atoms with E-state index in [2.05, 4.69) is 33.1 Å². The van der Waals surface area contributed by atoms with E-state index in [1.807, 2.05) is 49.3 Å². The molecule has 0 spiro atoms. The van der Waals surface area contributed by atoms with Crippen LogP contribution < -0.4 is 9.64 Å². The highest BCUT2D eigenvalue weighted by Crippen LogP contribution is 2.36. The van der Waals surface area contributed by atoms with Crippen LogP contribution in [-0.4, -0.2) is 59.2 Å². The third kappa shape index (κ3) is 4.77. The van der Waals surface area contributed by atoms with E-state index in [1.165, 1.54) is 18.4 Å². The summed E-state index contributed by atoms with van der Waals surface area (Å²) in [5, 5.41) is 0. The molecule has 1 aromatic heterocycles. The average Bonchev–Trinajstić information content (AvgIpc) is 3.19. The summed E-state index contributed by atoms with van der Waals surface area (Å²) in [5.41, 5.74) is 5.33. The second kappa shape index (κ2) is 10.4. The van der Waals surface area contributed by atoms with Crippen molar-refractivity contribution in [1.82, 2.24) is 14.9 Å². The molecule has 1 N–H and O–H groups in total.